The summed E-state index contributed by atoms with van der Waals surface area (Å²) in [5.74, 6) is -0.260. The van der Waals surface area contributed by atoms with Crippen LogP contribution in [0, 0.1) is 11.7 Å². The van der Waals surface area contributed by atoms with Gasteiger partial charge in [-0.2, -0.15) is 0 Å². The highest BCUT2D eigenvalue weighted by atomic mass is 35.5. The van der Waals surface area contributed by atoms with Crippen LogP contribution in [-0.4, -0.2) is 78.2 Å². The number of carbonyl (C=O) groups is 3. The van der Waals surface area contributed by atoms with Crippen molar-refractivity contribution in [3.63, 3.8) is 0 Å². The van der Waals surface area contributed by atoms with Crippen molar-refractivity contribution in [3.05, 3.63) is 64.9 Å². The first-order valence-electron chi connectivity index (χ1n) is 12.9. The standard InChI is InChI=1S/C28H34ClFN4O3/c1-21(35)32-14-10-23(11-15-32)28(37)34(26-5-2-4-24(29)18-26)13-3-12-31-16-17-33(27(36)20-31)19-22-6-8-25(30)9-7-22/h2,4-9,18,23H,3,10-17,19-20H2,1H3. The van der Waals surface area contributed by atoms with Gasteiger partial charge in [-0.3, -0.25) is 19.3 Å². The lowest BCUT2D eigenvalue weighted by atomic mass is 9.94. The van der Waals surface area contributed by atoms with Crippen LogP contribution in [0.3, 0.4) is 0 Å². The first-order chi connectivity index (χ1) is 17.8. The molecular formula is C28H34ClFN4O3. The average molecular weight is 529 g/mol. The summed E-state index contributed by atoms with van der Waals surface area (Å²) >= 11 is 6.23. The van der Waals surface area contributed by atoms with E-state index in [-0.39, 0.29) is 29.5 Å². The molecule has 2 fully saturated rings. The molecule has 0 saturated carbocycles. The summed E-state index contributed by atoms with van der Waals surface area (Å²) in [6, 6.07) is 13.6. The Morgan fingerprint density at radius 1 is 1.05 bits per heavy atom. The molecule has 0 bridgehead atoms. The molecule has 0 unspecified atom stereocenters. The lowest BCUT2D eigenvalue weighted by Crippen LogP contribution is -2.50. The highest BCUT2D eigenvalue weighted by molar-refractivity contribution is 6.30. The maximum absolute atomic E-state index is 13.5. The first kappa shape index (κ1) is 27.1. The number of anilines is 1. The second-order valence-corrected chi connectivity index (χ2v) is 10.3. The fourth-order valence-electron chi connectivity index (χ4n) is 5.05. The van der Waals surface area contributed by atoms with Gasteiger partial charge < -0.3 is 14.7 Å². The van der Waals surface area contributed by atoms with Crippen LogP contribution in [0.25, 0.3) is 0 Å². The SMILES string of the molecule is CC(=O)N1CCC(C(=O)N(CCCN2CCN(Cc3ccc(F)cc3)C(=O)C2)c2cccc(Cl)c2)CC1. The van der Waals surface area contributed by atoms with Gasteiger partial charge in [0.1, 0.15) is 5.82 Å². The van der Waals surface area contributed by atoms with Crippen molar-refractivity contribution in [2.75, 3.05) is 50.7 Å². The lowest BCUT2D eigenvalue weighted by Gasteiger charge is -2.36. The molecule has 2 aromatic carbocycles. The molecule has 2 aromatic rings. The molecule has 0 spiro atoms. The van der Waals surface area contributed by atoms with E-state index in [1.165, 1.54) is 12.1 Å². The molecular weight excluding hydrogens is 495 g/mol. The lowest BCUT2D eigenvalue weighted by molar-refractivity contribution is -0.136. The van der Waals surface area contributed by atoms with Gasteiger partial charge in [0, 0.05) is 69.4 Å². The van der Waals surface area contributed by atoms with Crippen LogP contribution in [0.2, 0.25) is 5.02 Å². The summed E-state index contributed by atoms with van der Waals surface area (Å²) in [7, 11) is 0. The predicted molar refractivity (Wildman–Crippen MR) is 142 cm³/mol. The molecule has 0 N–H and O–H groups in total. The second-order valence-electron chi connectivity index (χ2n) is 9.82. The fraction of sp³-hybridized carbons (Fsp3) is 0.464. The molecule has 37 heavy (non-hydrogen) atoms. The number of halogens is 2. The van der Waals surface area contributed by atoms with Gasteiger partial charge in [0.2, 0.25) is 17.7 Å². The largest absolute Gasteiger partial charge is 0.343 e. The van der Waals surface area contributed by atoms with E-state index in [2.05, 4.69) is 4.90 Å². The molecule has 0 radical (unpaired) electrons. The van der Waals surface area contributed by atoms with E-state index in [1.807, 2.05) is 23.1 Å². The number of amides is 3. The smallest absolute Gasteiger partial charge is 0.237 e. The molecule has 0 aromatic heterocycles. The molecule has 7 nitrogen and oxygen atoms in total. The van der Waals surface area contributed by atoms with Crippen molar-refractivity contribution >= 4 is 35.0 Å². The number of piperazine rings is 1. The summed E-state index contributed by atoms with van der Waals surface area (Å²) < 4.78 is 13.2. The normalized spacial score (nSPS) is 17.2. The van der Waals surface area contributed by atoms with E-state index in [1.54, 1.807) is 34.9 Å². The van der Waals surface area contributed by atoms with E-state index in [0.717, 1.165) is 24.2 Å². The van der Waals surface area contributed by atoms with Crippen LogP contribution in [-0.2, 0) is 20.9 Å². The molecule has 0 aliphatic carbocycles. The number of piperidine rings is 1. The molecule has 9 heteroatoms. The predicted octanol–water partition coefficient (Wildman–Crippen LogP) is 3.81. The monoisotopic (exact) mass is 528 g/mol. The summed E-state index contributed by atoms with van der Waals surface area (Å²) in [6.45, 7) is 6.15. The minimum absolute atomic E-state index is 0.0462. The third-order valence-corrected chi connectivity index (χ3v) is 7.45. The molecule has 2 saturated heterocycles. The second kappa shape index (κ2) is 12.5. The number of carbonyl (C=O) groups excluding carboxylic acids is 3. The Balaban J connectivity index is 1.32. The average Bonchev–Trinajstić information content (AvgIpc) is 2.89. The van der Waals surface area contributed by atoms with Crippen molar-refractivity contribution < 1.29 is 18.8 Å². The van der Waals surface area contributed by atoms with Gasteiger partial charge in [-0.25, -0.2) is 4.39 Å². The topological polar surface area (TPSA) is 64.2 Å². The molecule has 4 rings (SSSR count). The summed E-state index contributed by atoms with van der Waals surface area (Å²) in [6.07, 6.45) is 2.02. The Morgan fingerprint density at radius 3 is 2.43 bits per heavy atom. The molecule has 198 valence electrons. The minimum Gasteiger partial charge on any atom is -0.343 e. The van der Waals surface area contributed by atoms with Crippen LogP contribution in [0.5, 0.6) is 0 Å². The Bertz CT molecular complexity index is 1100. The van der Waals surface area contributed by atoms with E-state index in [9.17, 15) is 18.8 Å². The molecule has 0 atom stereocenters. The Labute approximate surface area is 222 Å². The van der Waals surface area contributed by atoms with E-state index in [0.29, 0.717) is 63.7 Å². The van der Waals surface area contributed by atoms with Gasteiger partial charge in [0.25, 0.3) is 0 Å². The minimum atomic E-state index is -0.285. The Hall–Kier alpha value is -2.97. The van der Waals surface area contributed by atoms with Crippen LogP contribution in [0.4, 0.5) is 10.1 Å². The molecule has 2 aliphatic rings. The zero-order valence-corrected chi connectivity index (χ0v) is 22.0. The van der Waals surface area contributed by atoms with Gasteiger partial charge in [-0.15, -0.1) is 0 Å². The van der Waals surface area contributed by atoms with Gasteiger partial charge in [-0.1, -0.05) is 29.8 Å². The number of benzene rings is 2. The van der Waals surface area contributed by atoms with E-state index < -0.39 is 0 Å². The number of likely N-dealkylation sites (tertiary alicyclic amines) is 1. The maximum atomic E-state index is 13.5. The Kier molecular flexibility index (Phi) is 9.16. The summed E-state index contributed by atoms with van der Waals surface area (Å²) in [5, 5.41) is 0.574. The molecule has 2 heterocycles. The number of nitrogens with zero attached hydrogens (tertiary/aromatic N) is 4. The fourth-order valence-corrected chi connectivity index (χ4v) is 5.23. The third kappa shape index (κ3) is 7.29. The maximum Gasteiger partial charge on any atom is 0.237 e. The van der Waals surface area contributed by atoms with E-state index >= 15 is 0 Å². The first-order valence-corrected chi connectivity index (χ1v) is 13.2. The molecule has 2 aliphatic heterocycles. The number of hydrogen-bond donors (Lipinski definition) is 0. The van der Waals surface area contributed by atoms with Gasteiger partial charge >= 0.3 is 0 Å². The number of hydrogen-bond acceptors (Lipinski definition) is 4. The zero-order valence-electron chi connectivity index (χ0n) is 21.2. The van der Waals surface area contributed by atoms with Gasteiger partial charge in [-0.05, 0) is 55.2 Å². The van der Waals surface area contributed by atoms with Crippen LogP contribution >= 0.6 is 11.6 Å². The third-order valence-electron chi connectivity index (χ3n) is 7.22. The van der Waals surface area contributed by atoms with Crippen molar-refractivity contribution in [2.45, 2.75) is 32.7 Å². The summed E-state index contributed by atoms with van der Waals surface area (Å²) in [4.78, 5) is 45.5. The van der Waals surface area contributed by atoms with Crippen molar-refractivity contribution in [2.24, 2.45) is 5.92 Å². The van der Waals surface area contributed by atoms with Crippen LogP contribution in [0.15, 0.2) is 48.5 Å². The Morgan fingerprint density at radius 2 is 1.78 bits per heavy atom. The zero-order chi connectivity index (χ0) is 26.4. The van der Waals surface area contributed by atoms with Crippen molar-refractivity contribution in [3.8, 4) is 0 Å². The van der Waals surface area contributed by atoms with Crippen molar-refractivity contribution in [1.82, 2.24) is 14.7 Å². The van der Waals surface area contributed by atoms with Crippen molar-refractivity contribution in [1.29, 1.82) is 0 Å². The van der Waals surface area contributed by atoms with Gasteiger partial charge in [0.15, 0.2) is 0 Å². The van der Waals surface area contributed by atoms with E-state index in [4.69, 9.17) is 11.6 Å². The quantitative estimate of drug-likeness (QED) is 0.523. The summed E-state index contributed by atoms with van der Waals surface area (Å²) in [5.41, 5.74) is 1.68. The van der Waals surface area contributed by atoms with Crippen LogP contribution < -0.4 is 4.90 Å². The number of rotatable bonds is 8. The highest BCUT2D eigenvalue weighted by Crippen LogP contribution is 2.26. The van der Waals surface area contributed by atoms with Gasteiger partial charge in [0.05, 0.1) is 6.54 Å². The highest BCUT2D eigenvalue weighted by Gasteiger charge is 2.30. The molecule has 3 amide bonds. The van der Waals surface area contributed by atoms with Crippen LogP contribution in [0.1, 0.15) is 31.7 Å².